The van der Waals surface area contributed by atoms with Gasteiger partial charge in [-0.1, -0.05) is 0 Å². The molecule has 0 bridgehead atoms. The quantitative estimate of drug-likeness (QED) is 0.404. The Morgan fingerprint density at radius 2 is 2.21 bits per heavy atom. The average Bonchev–Trinajstić information content (AvgIpc) is 2.81. The highest BCUT2D eigenvalue weighted by molar-refractivity contribution is 5.77. The SMILES string of the molecule is CNCCNC(=O)COC1C(O)C(C)OC1n1ccc(=O)[nH]c1=O. The second-order valence-electron chi connectivity index (χ2n) is 5.47. The number of rotatable bonds is 7. The first-order valence-electron chi connectivity index (χ1n) is 7.62. The zero-order chi connectivity index (χ0) is 17.7. The van der Waals surface area contributed by atoms with Gasteiger partial charge in [-0.15, -0.1) is 0 Å². The zero-order valence-electron chi connectivity index (χ0n) is 13.5. The van der Waals surface area contributed by atoms with Crippen molar-refractivity contribution < 1.29 is 19.4 Å². The summed E-state index contributed by atoms with van der Waals surface area (Å²) in [5, 5.41) is 15.7. The minimum absolute atomic E-state index is 0.282. The van der Waals surface area contributed by atoms with Crippen LogP contribution in [0.15, 0.2) is 21.9 Å². The van der Waals surface area contributed by atoms with Crippen LogP contribution in [0.25, 0.3) is 0 Å². The summed E-state index contributed by atoms with van der Waals surface area (Å²) in [5.41, 5.74) is -1.22. The van der Waals surface area contributed by atoms with Crippen LogP contribution in [0.2, 0.25) is 0 Å². The fraction of sp³-hybridized carbons (Fsp3) is 0.643. The molecule has 10 heteroatoms. The number of amides is 1. The van der Waals surface area contributed by atoms with Gasteiger partial charge in [-0.05, 0) is 14.0 Å². The molecule has 1 aliphatic heterocycles. The van der Waals surface area contributed by atoms with Gasteiger partial charge in [-0.2, -0.15) is 0 Å². The van der Waals surface area contributed by atoms with Crippen molar-refractivity contribution in [2.24, 2.45) is 0 Å². The standard InChI is InChI=1S/C14H22N4O6/c1-8-11(21)12(23-7-10(20)16-5-4-15-2)13(24-8)18-6-3-9(19)17-14(18)22/h3,6,8,11-13,15,21H,4-5,7H2,1-2H3,(H,16,20)(H,17,19,22). The predicted molar refractivity (Wildman–Crippen MR) is 83.6 cm³/mol. The molecule has 1 aromatic heterocycles. The Balaban J connectivity index is 2.06. The topological polar surface area (TPSA) is 135 Å². The third kappa shape index (κ3) is 4.29. The summed E-state index contributed by atoms with van der Waals surface area (Å²) < 4.78 is 12.1. The number of nitrogens with one attached hydrogen (secondary N) is 3. The van der Waals surface area contributed by atoms with Crippen molar-refractivity contribution in [1.29, 1.82) is 0 Å². The van der Waals surface area contributed by atoms with E-state index >= 15 is 0 Å². The average molecular weight is 342 g/mol. The largest absolute Gasteiger partial charge is 0.388 e. The summed E-state index contributed by atoms with van der Waals surface area (Å²) in [6.45, 7) is 2.41. The molecule has 1 aliphatic rings. The molecular weight excluding hydrogens is 320 g/mol. The number of aliphatic hydroxyl groups excluding tert-OH is 1. The van der Waals surface area contributed by atoms with Crippen molar-refractivity contribution in [3.63, 3.8) is 0 Å². The van der Waals surface area contributed by atoms with E-state index in [4.69, 9.17) is 9.47 Å². The van der Waals surface area contributed by atoms with Gasteiger partial charge in [0.2, 0.25) is 5.91 Å². The van der Waals surface area contributed by atoms with Crippen LogP contribution >= 0.6 is 0 Å². The first-order valence-corrected chi connectivity index (χ1v) is 7.62. The number of aromatic nitrogens is 2. The van der Waals surface area contributed by atoms with Gasteiger partial charge in [0.1, 0.15) is 18.8 Å². The molecule has 2 rings (SSSR count). The molecule has 1 fully saturated rings. The maximum Gasteiger partial charge on any atom is 0.330 e. The lowest BCUT2D eigenvalue weighted by Crippen LogP contribution is -2.41. The van der Waals surface area contributed by atoms with Crippen molar-refractivity contribution in [2.45, 2.75) is 31.5 Å². The van der Waals surface area contributed by atoms with E-state index in [1.807, 2.05) is 0 Å². The van der Waals surface area contributed by atoms with Gasteiger partial charge in [0.25, 0.3) is 5.56 Å². The number of nitrogens with zero attached hydrogens (tertiary/aromatic N) is 1. The van der Waals surface area contributed by atoms with E-state index in [0.717, 1.165) is 4.57 Å². The van der Waals surface area contributed by atoms with E-state index in [-0.39, 0.29) is 12.5 Å². The normalized spacial score (nSPS) is 26.5. The number of likely N-dealkylation sites (N-methyl/N-ethyl adjacent to an activating group) is 1. The number of hydrogen-bond donors (Lipinski definition) is 4. The van der Waals surface area contributed by atoms with Crippen LogP contribution in [0.1, 0.15) is 13.2 Å². The Labute approximate surface area is 137 Å². The second kappa shape index (κ2) is 8.20. The highest BCUT2D eigenvalue weighted by Crippen LogP contribution is 2.30. The predicted octanol–water partition coefficient (Wildman–Crippen LogP) is -2.46. The Bertz CT molecular complexity index is 672. The van der Waals surface area contributed by atoms with E-state index in [9.17, 15) is 19.5 Å². The number of aromatic amines is 1. The van der Waals surface area contributed by atoms with Gasteiger partial charge in [0, 0.05) is 25.4 Å². The third-order valence-electron chi connectivity index (χ3n) is 3.68. The van der Waals surface area contributed by atoms with Gasteiger partial charge in [-0.25, -0.2) is 4.79 Å². The van der Waals surface area contributed by atoms with Crippen molar-refractivity contribution in [1.82, 2.24) is 20.2 Å². The van der Waals surface area contributed by atoms with Gasteiger partial charge in [-0.3, -0.25) is 19.1 Å². The number of carbonyl (C=O) groups excluding carboxylic acids is 1. The fourth-order valence-electron chi connectivity index (χ4n) is 2.40. The number of aliphatic hydroxyl groups is 1. The molecule has 134 valence electrons. The monoisotopic (exact) mass is 342 g/mol. The minimum atomic E-state index is -1.01. The Morgan fingerprint density at radius 1 is 1.46 bits per heavy atom. The van der Waals surface area contributed by atoms with Crippen molar-refractivity contribution >= 4 is 5.91 Å². The molecule has 1 saturated heterocycles. The molecule has 4 unspecified atom stereocenters. The van der Waals surface area contributed by atoms with Crippen LogP contribution in [0.4, 0.5) is 0 Å². The first-order chi connectivity index (χ1) is 11.4. The van der Waals surface area contributed by atoms with E-state index in [1.54, 1.807) is 14.0 Å². The van der Waals surface area contributed by atoms with Crippen molar-refractivity contribution in [2.75, 3.05) is 26.7 Å². The molecular formula is C14H22N4O6. The van der Waals surface area contributed by atoms with Crippen LogP contribution in [-0.2, 0) is 14.3 Å². The highest BCUT2D eigenvalue weighted by Gasteiger charge is 2.44. The molecule has 10 nitrogen and oxygen atoms in total. The maximum absolute atomic E-state index is 11.9. The molecule has 1 amide bonds. The first kappa shape index (κ1) is 18.3. The number of hydrogen-bond acceptors (Lipinski definition) is 7. The number of ether oxygens (including phenoxy) is 2. The summed E-state index contributed by atoms with van der Waals surface area (Å²) in [5.74, 6) is -0.343. The van der Waals surface area contributed by atoms with Crippen LogP contribution in [0, 0.1) is 0 Å². The third-order valence-corrected chi connectivity index (χ3v) is 3.68. The van der Waals surface area contributed by atoms with Crippen molar-refractivity contribution in [3.05, 3.63) is 33.1 Å². The zero-order valence-corrected chi connectivity index (χ0v) is 13.5. The molecule has 0 saturated carbocycles. The summed E-state index contributed by atoms with van der Waals surface area (Å²) >= 11 is 0. The molecule has 4 N–H and O–H groups in total. The lowest BCUT2D eigenvalue weighted by atomic mass is 10.1. The molecule has 4 atom stereocenters. The van der Waals surface area contributed by atoms with Gasteiger partial charge >= 0.3 is 5.69 Å². The molecule has 0 spiro atoms. The molecule has 0 aliphatic carbocycles. The Hall–Kier alpha value is -2.01. The van der Waals surface area contributed by atoms with E-state index in [0.29, 0.717) is 13.1 Å². The van der Waals surface area contributed by atoms with Crippen LogP contribution in [-0.4, -0.2) is 65.6 Å². The van der Waals surface area contributed by atoms with E-state index in [2.05, 4.69) is 15.6 Å². The fourth-order valence-corrected chi connectivity index (χ4v) is 2.40. The molecule has 24 heavy (non-hydrogen) atoms. The van der Waals surface area contributed by atoms with E-state index < -0.39 is 35.8 Å². The molecule has 0 radical (unpaired) electrons. The van der Waals surface area contributed by atoms with Crippen molar-refractivity contribution in [3.8, 4) is 0 Å². The highest BCUT2D eigenvalue weighted by atomic mass is 16.6. The van der Waals surface area contributed by atoms with Crippen LogP contribution in [0.5, 0.6) is 0 Å². The molecule has 1 aromatic rings. The van der Waals surface area contributed by atoms with Gasteiger partial charge in [0.05, 0.1) is 6.10 Å². The smallest absolute Gasteiger partial charge is 0.330 e. The lowest BCUT2D eigenvalue weighted by molar-refractivity contribution is -0.133. The van der Waals surface area contributed by atoms with Crippen LogP contribution < -0.4 is 21.9 Å². The molecule has 2 heterocycles. The number of H-pyrrole nitrogens is 1. The van der Waals surface area contributed by atoms with Crippen LogP contribution in [0.3, 0.4) is 0 Å². The summed E-state index contributed by atoms with van der Waals surface area (Å²) in [6.07, 6.45) is -2.20. The second-order valence-corrected chi connectivity index (χ2v) is 5.47. The molecule has 0 aromatic carbocycles. The Kier molecular flexibility index (Phi) is 6.26. The lowest BCUT2D eigenvalue weighted by Gasteiger charge is -2.22. The van der Waals surface area contributed by atoms with Gasteiger partial charge in [0.15, 0.2) is 6.23 Å². The minimum Gasteiger partial charge on any atom is -0.388 e. The summed E-state index contributed by atoms with van der Waals surface area (Å²) in [4.78, 5) is 36.9. The summed E-state index contributed by atoms with van der Waals surface area (Å²) in [7, 11) is 1.77. The number of carbonyl (C=O) groups is 1. The van der Waals surface area contributed by atoms with E-state index in [1.165, 1.54) is 12.3 Å². The maximum atomic E-state index is 11.9. The Morgan fingerprint density at radius 3 is 2.88 bits per heavy atom. The van der Waals surface area contributed by atoms with Gasteiger partial charge < -0.3 is 25.2 Å². The summed E-state index contributed by atoms with van der Waals surface area (Å²) in [6, 6.07) is 1.17.